The van der Waals surface area contributed by atoms with E-state index in [0.717, 1.165) is 16.8 Å². The van der Waals surface area contributed by atoms with Crippen molar-refractivity contribution in [2.24, 2.45) is 0 Å². The molecule has 1 aliphatic rings. The van der Waals surface area contributed by atoms with Crippen LogP contribution >= 0.6 is 0 Å². The average molecular weight is 281 g/mol. The number of hydrogen-bond acceptors (Lipinski definition) is 2. The van der Waals surface area contributed by atoms with Crippen LogP contribution in [0.5, 0.6) is 0 Å². The third-order valence-electron chi connectivity index (χ3n) is 4.14. The molecule has 1 heterocycles. The van der Waals surface area contributed by atoms with Crippen molar-refractivity contribution in [1.82, 2.24) is 0 Å². The monoisotopic (exact) mass is 281 g/mol. The van der Waals surface area contributed by atoms with Crippen molar-refractivity contribution in [1.29, 1.82) is 0 Å². The van der Waals surface area contributed by atoms with E-state index in [1.165, 1.54) is 0 Å². The molecule has 2 aromatic rings. The third kappa shape index (κ3) is 2.45. The van der Waals surface area contributed by atoms with Gasteiger partial charge in [0, 0.05) is 17.7 Å². The van der Waals surface area contributed by atoms with E-state index in [9.17, 15) is 9.90 Å². The minimum atomic E-state index is -0.874. The first-order valence-corrected chi connectivity index (χ1v) is 7.19. The Hall–Kier alpha value is -2.13. The first-order chi connectivity index (χ1) is 9.99. The van der Waals surface area contributed by atoms with E-state index < -0.39 is 5.60 Å². The second kappa shape index (κ2) is 5.01. The molecule has 1 aliphatic heterocycles. The summed E-state index contributed by atoms with van der Waals surface area (Å²) in [5.41, 5.74) is 2.56. The van der Waals surface area contributed by atoms with E-state index in [1.807, 2.05) is 55.5 Å². The number of aryl methyl sites for hydroxylation is 1. The maximum absolute atomic E-state index is 12.7. The SMILES string of the molecule is Cc1ccc(C(=O)N2CCC(C)(O)c3ccccc32)cc1. The molecule has 3 nitrogen and oxygen atoms in total. The lowest BCUT2D eigenvalue weighted by atomic mass is 9.87. The Labute approximate surface area is 124 Å². The second-order valence-corrected chi connectivity index (χ2v) is 5.86. The summed E-state index contributed by atoms with van der Waals surface area (Å²) < 4.78 is 0. The maximum Gasteiger partial charge on any atom is 0.258 e. The van der Waals surface area contributed by atoms with Crippen LogP contribution in [-0.4, -0.2) is 17.6 Å². The standard InChI is InChI=1S/C18H19NO2/c1-13-7-9-14(10-8-13)17(20)19-12-11-18(2,21)15-5-3-4-6-16(15)19/h3-10,21H,11-12H2,1-2H3. The predicted molar refractivity (Wildman–Crippen MR) is 83.5 cm³/mol. The highest BCUT2D eigenvalue weighted by Crippen LogP contribution is 2.38. The summed E-state index contributed by atoms with van der Waals surface area (Å²) in [5.74, 6) is -0.0158. The zero-order valence-electron chi connectivity index (χ0n) is 12.3. The van der Waals surface area contributed by atoms with E-state index in [-0.39, 0.29) is 5.91 Å². The van der Waals surface area contributed by atoms with Gasteiger partial charge in [-0.1, -0.05) is 35.9 Å². The number of amides is 1. The molecule has 3 rings (SSSR count). The third-order valence-corrected chi connectivity index (χ3v) is 4.14. The molecule has 0 aromatic heterocycles. The van der Waals surface area contributed by atoms with Crippen molar-refractivity contribution in [3.63, 3.8) is 0 Å². The van der Waals surface area contributed by atoms with Gasteiger partial charge in [-0.3, -0.25) is 4.79 Å². The van der Waals surface area contributed by atoms with Crippen molar-refractivity contribution in [3.05, 3.63) is 65.2 Å². The molecule has 21 heavy (non-hydrogen) atoms. The van der Waals surface area contributed by atoms with Crippen molar-refractivity contribution in [3.8, 4) is 0 Å². The highest BCUT2D eigenvalue weighted by atomic mass is 16.3. The lowest BCUT2D eigenvalue weighted by Crippen LogP contribution is -2.42. The summed E-state index contributed by atoms with van der Waals surface area (Å²) in [5, 5.41) is 10.5. The minimum absolute atomic E-state index is 0.0158. The summed E-state index contributed by atoms with van der Waals surface area (Å²) in [6, 6.07) is 15.2. The second-order valence-electron chi connectivity index (χ2n) is 5.86. The Morgan fingerprint density at radius 2 is 1.81 bits per heavy atom. The lowest BCUT2D eigenvalue weighted by molar-refractivity contribution is 0.0450. The molecule has 108 valence electrons. The van der Waals surface area contributed by atoms with Gasteiger partial charge in [-0.05, 0) is 38.5 Å². The van der Waals surface area contributed by atoms with Crippen molar-refractivity contribution in [2.45, 2.75) is 25.9 Å². The molecule has 0 saturated carbocycles. The Balaban J connectivity index is 2.00. The van der Waals surface area contributed by atoms with Gasteiger partial charge in [0.2, 0.25) is 0 Å². The number of rotatable bonds is 1. The van der Waals surface area contributed by atoms with E-state index >= 15 is 0 Å². The van der Waals surface area contributed by atoms with Crippen LogP contribution in [0.4, 0.5) is 5.69 Å². The molecule has 0 aliphatic carbocycles. The molecule has 1 amide bonds. The van der Waals surface area contributed by atoms with Gasteiger partial charge in [-0.15, -0.1) is 0 Å². The Kier molecular flexibility index (Phi) is 3.30. The summed E-state index contributed by atoms with van der Waals surface area (Å²) in [7, 11) is 0. The summed E-state index contributed by atoms with van der Waals surface area (Å²) >= 11 is 0. The molecule has 0 saturated heterocycles. The van der Waals surface area contributed by atoms with Crippen LogP contribution < -0.4 is 4.90 Å². The van der Waals surface area contributed by atoms with Gasteiger partial charge >= 0.3 is 0 Å². The molecular weight excluding hydrogens is 262 g/mol. The normalized spacial score (nSPS) is 21.0. The van der Waals surface area contributed by atoms with Gasteiger partial charge in [0.05, 0.1) is 11.3 Å². The smallest absolute Gasteiger partial charge is 0.258 e. The number of nitrogens with zero attached hydrogens (tertiary/aromatic N) is 1. The van der Waals surface area contributed by atoms with Crippen molar-refractivity contribution in [2.75, 3.05) is 11.4 Å². The van der Waals surface area contributed by atoms with E-state index in [4.69, 9.17) is 0 Å². The Morgan fingerprint density at radius 3 is 2.52 bits per heavy atom. The molecule has 2 aromatic carbocycles. The number of anilines is 1. The van der Waals surface area contributed by atoms with Crippen LogP contribution in [0, 0.1) is 6.92 Å². The predicted octanol–water partition coefficient (Wildman–Crippen LogP) is 3.25. The minimum Gasteiger partial charge on any atom is -0.385 e. The fourth-order valence-corrected chi connectivity index (χ4v) is 2.81. The zero-order valence-corrected chi connectivity index (χ0v) is 12.3. The molecule has 0 spiro atoms. The highest BCUT2D eigenvalue weighted by molar-refractivity contribution is 6.06. The van der Waals surface area contributed by atoms with Crippen LogP contribution in [0.3, 0.4) is 0 Å². The number of aliphatic hydroxyl groups is 1. The quantitative estimate of drug-likeness (QED) is 0.871. The number of benzene rings is 2. The van der Waals surface area contributed by atoms with Gasteiger partial charge in [0.15, 0.2) is 0 Å². The lowest BCUT2D eigenvalue weighted by Gasteiger charge is -2.38. The molecule has 3 heteroatoms. The first kappa shape index (κ1) is 13.8. The fraction of sp³-hybridized carbons (Fsp3) is 0.278. The number of carbonyl (C=O) groups is 1. The largest absolute Gasteiger partial charge is 0.385 e. The van der Waals surface area contributed by atoms with Gasteiger partial charge in [0.25, 0.3) is 5.91 Å². The van der Waals surface area contributed by atoms with E-state index in [2.05, 4.69) is 0 Å². The van der Waals surface area contributed by atoms with Crippen LogP contribution in [0.25, 0.3) is 0 Å². The Bertz CT molecular complexity index is 674. The maximum atomic E-state index is 12.7. The molecular formula is C18H19NO2. The number of para-hydroxylation sites is 1. The summed E-state index contributed by atoms with van der Waals surface area (Å²) in [6.07, 6.45) is 0.543. The number of fused-ring (bicyclic) bond motifs is 1. The van der Waals surface area contributed by atoms with Crippen molar-refractivity contribution >= 4 is 11.6 Å². The van der Waals surface area contributed by atoms with Crippen LogP contribution in [-0.2, 0) is 5.60 Å². The molecule has 1 atom stereocenters. The topological polar surface area (TPSA) is 40.5 Å². The van der Waals surface area contributed by atoms with Crippen LogP contribution in [0.15, 0.2) is 48.5 Å². The highest BCUT2D eigenvalue weighted by Gasteiger charge is 2.35. The van der Waals surface area contributed by atoms with Gasteiger partial charge in [-0.25, -0.2) is 0 Å². The van der Waals surface area contributed by atoms with Gasteiger partial charge < -0.3 is 10.0 Å². The molecule has 0 fully saturated rings. The Morgan fingerprint density at radius 1 is 1.14 bits per heavy atom. The van der Waals surface area contributed by atoms with Gasteiger partial charge in [-0.2, -0.15) is 0 Å². The first-order valence-electron chi connectivity index (χ1n) is 7.19. The molecule has 1 unspecified atom stereocenters. The van der Waals surface area contributed by atoms with Crippen LogP contribution in [0.1, 0.15) is 34.8 Å². The number of hydrogen-bond donors (Lipinski definition) is 1. The number of carbonyl (C=O) groups excluding carboxylic acids is 1. The van der Waals surface area contributed by atoms with E-state index in [0.29, 0.717) is 18.5 Å². The van der Waals surface area contributed by atoms with Crippen LogP contribution in [0.2, 0.25) is 0 Å². The zero-order chi connectivity index (χ0) is 15.0. The fourth-order valence-electron chi connectivity index (χ4n) is 2.81. The summed E-state index contributed by atoms with van der Waals surface area (Å²) in [4.78, 5) is 14.5. The molecule has 0 radical (unpaired) electrons. The van der Waals surface area contributed by atoms with Gasteiger partial charge in [0.1, 0.15) is 0 Å². The molecule has 0 bridgehead atoms. The summed E-state index contributed by atoms with van der Waals surface area (Å²) in [6.45, 7) is 4.33. The van der Waals surface area contributed by atoms with E-state index in [1.54, 1.807) is 11.8 Å². The average Bonchev–Trinajstić information content (AvgIpc) is 2.48. The molecule has 1 N–H and O–H groups in total. The van der Waals surface area contributed by atoms with Crippen molar-refractivity contribution < 1.29 is 9.90 Å².